The summed E-state index contributed by atoms with van der Waals surface area (Å²) in [5.74, 6) is 0. The molecule has 1 heterocycles. The predicted molar refractivity (Wildman–Crippen MR) is 48.8 cm³/mol. The molecule has 66 valence electrons. The third-order valence-corrected chi connectivity index (χ3v) is 2.59. The molecule has 2 N–H and O–H groups in total. The number of hydrogen-bond acceptors (Lipinski definition) is 2. The lowest BCUT2D eigenvalue weighted by molar-refractivity contribution is 0.343. The molecule has 11 heavy (non-hydrogen) atoms. The minimum atomic E-state index is 0.234. The molecule has 0 aromatic carbocycles. The number of likely N-dealkylation sites (N-methyl/N-ethyl adjacent to an activating group) is 1. The molecular formula is C9H20N2. The van der Waals surface area contributed by atoms with Crippen LogP contribution in [-0.4, -0.2) is 24.2 Å². The molecule has 0 aromatic heterocycles. The highest BCUT2D eigenvalue weighted by Crippen LogP contribution is 2.29. The Bertz CT molecular complexity index is 150. The van der Waals surface area contributed by atoms with E-state index in [2.05, 4.69) is 38.3 Å². The SMILES string of the molecule is CNC1CC(C)(C)NC1(C)C. The lowest BCUT2D eigenvalue weighted by atomic mass is 9.95. The molecule has 1 fully saturated rings. The van der Waals surface area contributed by atoms with Crippen molar-refractivity contribution in [2.45, 2.75) is 51.2 Å². The molecule has 1 atom stereocenters. The zero-order valence-electron chi connectivity index (χ0n) is 8.28. The van der Waals surface area contributed by atoms with E-state index in [9.17, 15) is 0 Å². The standard InChI is InChI=1S/C9H20N2/c1-8(2)6-7(10-5)9(3,4)11-8/h7,10-11H,6H2,1-5H3. The van der Waals surface area contributed by atoms with E-state index in [0.717, 1.165) is 0 Å². The lowest BCUT2D eigenvalue weighted by Crippen LogP contribution is -2.49. The fraction of sp³-hybridized carbons (Fsp3) is 1.00. The van der Waals surface area contributed by atoms with Gasteiger partial charge in [0.25, 0.3) is 0 Å². The molecule has 1 rings (SSSR count). The van der Waals surface area contributed by atoms with E-state index >= 15 is 0 Å². The van der Waals surface area contributed by atoms with Crippen LogP contribution < -0.4 is 10.6 Å². The van der Waals surface area contributed by atoms with Gasteiger partial charge in [-0.15, -0.1) is 0 Å². The van der Waals surface area contributed by atoms with Crippen LogP contribution in [0.25, 0.3) is 0 Å². The van der Waals surface area contributed by atoms with Crippen molar-refractivity contribution in [1.82, 2.24) is 10.6 Å². The molecule has 0 aromatic rings. The van der Waals surface area contributed by atoms with Crippen molar-refractivity contribution in [1.29, 1.82) is 0 Å². The quantitative estimate of drug-likeness (QED) is 0.594. The Morgan fingerprint density at radius 2 is 1.82 bits per heavy atom. The van der Waals surface area contributed by atoms with Gasteiger partial charge >= 0.3 is 0 Å². The van der Waals surface area contributed by atoms with Gasteiger partial charge in [-0.05, 0) is 41.2 Å². The molecule has 0 saturated carbocycles. The first-order valence-electron chi connectivity index (χ1n) is 4.34. The van der Waals surface area contributed by atoms with Gasteiger partial charge in [0.1, 0.15) is 0 Å². The summed E-state index contributed by atoms with van der Waals surface area (Å²) >= 11 is 0. The summed E-state index contributed by atoms with van der Waals surface area (Å²) in [5.41, 5.74) is 0.523. The van der Waals surface area contributed by atoms with E-state index in [0.29, 0.717) is 6.04 Å². The Kier molecular flexibility index (Phi) is 2.01. The van der Waals surface area contributed by atoms with Gasteiger partial charge in [0, 0.05) is 17.1 Å². The average molecular weight is 156 g/mol. The molecule has 1 aliphatic rings. The molecule has 0 radical (unpaired) electrons. The summed E-state index contributed by atoms with van der Waals surface area (Å²) in [6.07, 6.45) is 1.20. The van der Waals surface area contributed by atoms with Gasteiger partial charge in [0.15, 0.2) is 0 Å². The molecule has 0 aliphatic carbocycles. The van der Waals surface area contributed by atoms with Gasteiger partial charge in [-0.2, -0.15) is 0 Å². The van der Waals surface area contributed by atoms with Gasteiger partial charge in [0.2, 0.25) is 0 Å². The molecule has 2 heteroatoms. The monoisotopic (exact) mass is 156 g/mol. The number of rotatable bonds is 1. The van der Waals surface area contributed by atoms with Crippen molar-refractivity contribution < 1.29 is 0 Å². The lowest BCUT2D eigenvalue weighted by Gasteiger charge is -2.27. The summed E-state index contributed by atoms with van der Waals surface area (Å²) in [6.45, 7) is 9.02. The fourth-order valence-electron chi connectivity index (χ4n) is 2.24. The summed E-state index contributed by atoms with van der Waals surface area (Å²) in [6, 6.07) is 0.595. The normalized spacial score (nSPS) is 34.1. The van der Waals surface area contributed by atoms with Crippen molar-refractivity contribution in [3.8, 4) is 0 Å². The van der Waals surface area contributed by atoms with Gasteiger partial charge in [-0.25, -0.2) is 0 Å². The molecule has 0 spiro atoms. The third kappa shape index (κ3) is 1.74. The van der Waals surface area contributed by atoms with Crippen molar-refractivity contribution in [2.24, 2.45) is 0 Å². The van der Waals surface area contributed by atoms with E-state index in [1.165, 1.54) is 6.42 Å². The summed E-state index contributed by atoms with van der Waals surface area (Å²) < 4.78 is 0. The first-order valence-corrected chi connectivity index (χ1v) is 4.34. The van der Waals surface area contributed by atoms with Crippen LogP contribution in [-0.2, 0) is 0 Å². The molecular weight excluding hydrogens is 136 g/mol. The van der Waals surface area contributed by atoms with E-state index in [1.54, 1.807) is 0 Å². The Hall–Kier alpha value is -0.0800. The Labute approximate surface area is 69.8 Å². The van der Waals surface area contributed by atoms with E-state index in [1.807, 2.05) is 7.05 Å². The fourth-order valence-corrected chi connectivity index (χ4v) is 2.24. The minimum absolute atomic E-state index is 0.234. The highest BCUT2D eigenvalue weighted by Gasteiger charge is 2.42. The third-order valence-electron chi connectivity index (χ3n) is 2.59. The first-order chi connectivity index (χ1) is 4.87. The van der Waals surface area contributed by atoms with Gasteiger partial charge in [0.05, 0.1) is 0 Å². The van der Waals surface area contributed by atoms with Crippen molar-refractivity contribution in [3.63, 3.8) is 0 Å². The van der Waals surface area contributed by atoms with E-state index < -0.39 is 0 Å². The number of hydrogen-bond donors (Lipinski definition) is 2. The first kappa shape index (κ1) is 9.01. The van der Waals surface area contributed by atoms with Crippen molar-refractivity contribution in [3.05, 3.63) is 0 Å². The van der Waals surface area contributed by atoms with Crippen LogP contribution in [0.3, 0.4) is 0 Å². The Morgan fingerprint density at radius 1 is 1.27 bits per heavy atom. The van der Waals surface area contributed by atoms with Crippen LogP contribution in [0.4, 0.5) is 0 Å². The number of nitrogens with one attached hydrogen (secondary N) is 2. The topological polar surface area (TPSA) is 24.1 Å². The molecule has 1 saturated heterocycles. The van der Waals surface area contributed by atoms with Gasteiger partial charge in [-0.3, -0.25) is 0 Å². The molecule has 1 aliphatic heterocycles. The van der Waals surface area contributed by atoms with Crippen molar-refractivity contribution in [2.75, 3.05) is 7.05 Å². The van der Waals surface area contributed by atoms with Crippen LogP contribution in [0, 0.1) is 0 Å². The second kappa shape index (κ2) is 2.46. The Morgan fingerprint density at radius 3 is 2.00 bits per heavy atom. The zero-order valence-corrected chi connectivity index (χ0v) is 8.28. The van der Waals surface area contributed by atoms with Crippen molar-refractivity contribution >= 4 is 0 Å². The minimum Gasteiger partial charge on any atom is -0.315 e. The van der Waals surface area contributed by atoms with Crippen LogP contribution in [0.15, 0.2) is 0 Å². The van der Waals surface area contributed by atoms with Crippen LogP contribution >= 0.6 is 0 Å². The van der Waals surface area contributed by atoms with Gasteiger partial charge < -0.3 is 10.6 Å². The highest BCUT2D eigenvalue weighted by molar-refractivity contribution is 5.06. The van der Waals surface area contributed by atoms with Crippen LogP contribution in [0.1, 0.15) is 34.1 Å². The van der Waals surface area contributed by atoms with Crippen LogP contribution in [0.2, 0.25) is 0 Å². The zero-order chi connectivity index (χ0) is 8.70. The Balaban J connectivity index is 2.71. The largest absolute Gasteiger partial charge is 0.315 e. The molecule has 0 amide bonds. The maximum atomic E-state index is 3.61. The molecule has 1 unspecified atom stereocenters. The maximum Gasteiger partial charge on any atom is 0.0283 e. The molecule has 2 nitrogen and oxygen atoms in total. The maximum absolute atomic E-state index is 3.61. The molecule has 0 bridgehead atoms. The smallest absolute Gasteiger partial charge is 0.0283 e. The van der Waals surface area contributed by atoms with E-state index in [4.69, 9.17) is 0 Å². The van der Waals surface area contributed by atoms with E-state index in [-0.39, 0.29) is 11.1 Å². The van der Waals surface area contributed by atoms with Gasteiger partial charge in [-0.1, -0.05) is 0 Å². The predicted octanol–water partition coefficient (Wildman–Crippen LogP) is 1.12. The summed E-state index contributed by atoms with van der Waals surface area (Å²) in [7, 11) is 2.04. The second-order valence-electron chi connectivity index (χ2n) is 4.78. The second-order valence-corrected chi connectivity index (χ2v) is 4.78. The highest BCUT2D eigenvalue weighted by atomic mass is 15.1. The average Bonchev–Trinajstić information content (AvgIpc) is 1.99. The summed E-state index contributed by atoms with van der Waals surface area (Å²) in [5, 5.41) is 6.96. The summed E-state index contributed by atoms with van der Waals surface area (Å²) in [4.78, 5) is 0. The van der Waals surface area contributed by atoms with Crippen LogP contribution in [0.5, 0.6) is 0 Å².